The van der Waals surface area contributed by atoms with Gasteiger partial charge in [0.2, 0.25) is 17.8 Å². The third-order valence-corrected chi connectivity index (χ3v) is 6.82. The lowest BCUT2D eigenvalue weighted by Crippen LogP contribution is -2.51. The molecular formula is C24H25N7O2. The number of anilines is 2. The average Bonchev–Trinajstić information content (AvgIpc) is 3.54. The van der Waals surface area contributed by atoms with Crippen LogP contribution in [0.2, 0.25) is 0 Å². The number of H-pyrrole nitrogens is 1. The predicted octanol–water partition coefficient (Wildman–Crippen LogP) is 2.15. The molecule has 1 atom stereocenters. The first-order valence-electron chi connectivity index (χ1n) is 11.3. The van der Waals surface area contributed by atoms with Crippen LogP contribution in [0.1, 0.15) is 6.42 Å². The van der Waals surface area contributed by atoms with Crippen molar-refractivity contribution in [1.29, 1.82) is 0 Å². The van der Waals surface area contributed by atoms with Crippen LogP contribution >= 0.6 is 0 Å². The van der Waals surface area contributed by atoms with E-state index in [9.17, 15) is 9.59 Å². The summed E-state index contributed by atoms with van der Waals surface area (Å²) in [6, 6.07) is 15.8. The minimum Gasteiger partial charge on any atom is -0.339 e. The standard InChI is InChI=1S/C24H25N7O2/c1-28-20-9-5-4-8-19(20)25-24(28)30-12-10-29(11-13-30)23(33)16-14-21(32)31(15-16)22-17-6-2-3-7-18(17)26-27-22/h2-9,16H,10-15H2,1H3,(H,26,27)/t16-/m0/s1. The lowest BCUT2D eigenvalue weighted by molar-refractivity contribution is -0.136. The molecule has 4 heterocycles. The molecule has 6 rings (SSSR count). The number of amides is 2. The van der Waals surface area contributed by atoms with Crippen LogP contribution < -0.4 is 9.80 Å². The number of hydrogen-bond donors (Lipinski definition) is 1. The van der Waals surface area contributed by atoms with E-state index in [0.717, 1.165) is 41.0 Å². The molecule has 0 spiro atoms. The van der Waals surface area contributed by atoms with Gasteiger partial charge in [0.15, 0.2) is 5.82 Å². The number of aromatic amines is 1. The largest absolute Gasteiger partial charge is 0.339 e. The molecule has 2 aliphatic rings. The number of para-hydroxylation sites is 3. The Bertz CT molecular complexity index is 1370. The summed E-state index contributed by atoms with van der Waals surface area (Å²) in [6.07, 6.45) is 0.227. The van der Waals surface area contributed by atoms with Crippen LogP contribution in [0.25, 0.3) is 21.9 Å². The number of piperazine rings is 1. The lowest BCUT2D eigenvalue weighted by atomic mass is 10.1. The number of benzene rings is 2. The van der Waals surface area contributed by atoms with Crippen molar-refractivity contribution in [3.8, 4) is 0 Å². The predicted molar refractivity (Wildman–Crippen MR) is 126 cm³/mol. The van der Waals surface area contributed by atoms with E-state index in [2.05, 4.69) is 25.7 Å². The number of rotatable bonds is 3. The average molecular weight is 444 g/mol. The highest BCUT2D eigenvalue weighted by molar-refractivity contribution is 6.05. The second kappa shape index (κ2) is 7.61. The highest BCUT2D eigenvalue weighted by atomic mass is 16.2. The van der Waals surface area contributed by atoms with Crippen LogP contribution in [0, 0.1) is 5.92 Å². The number of imidazole rings is 1. The Kier molecular flexibility index (Phi) is 4.56. The van der Waals surface area contributed by atoms with Gasteiger partial charge in [-0.05, 0) is 24.3 Å². The maximum atomic E-state index is 13.3. The SMILES string of the molecule is Cn1c(N2CCN(C(=O)[C@H]3CC(=O)N(c4n[nH]c5ccccc45)C3)CC2)nc2ccccc21. The van der Waals surface area contributed by atoms with Crippen molar-refractivity contribution in [1.82, 2.24) is 24.6 Å². The third kappa shape index (κ3) is 3.23. The molecule has 0 radical (unpaired) electrons. The van der Waals surface area contributed by atoms with Crippen LogP contribution in [-0.4, -0.2) is 69.2 Å². The molecule has 2 fully saturated rings. The molecule has 2 saturated heterocycles. The Morgan fingerprint density at radius 3 is 2.61 bits per heavy atom. The van der Waals surface area contributed by atoms with Crippen molar-refractivity contribution in [2.75, 3.05) is 42.5 Å². The van der Waals surface area contributed by atoms with Crippen LogP contribution in [0.15, 0.2) is 48.5 Å². The van der Waals surface area contributed by atoms with Crippen molar-refractivity contribution < 1.29 is 9.59 Å². The van der Waals surface area contributed by atoms with Gasteiger partial charge in [0.05, 0.1) is 22.5 Å². The highest BCUT2D eigenvalue weighted by Crippen LogP contribution is 2.31. The van der Waals surface area contributed by atoms with Crippen molar-refractivity contribution in [3.05, 3.63) is 48.5 Å². The fourth-order valence-corrected chi connectivity index (χ4v) is 5.03. The molecule has 4 aromatic rings. The number of fused-ring (bicyclic) bond motifs is 2. The smallest absolute Gasteiger partial charge is 0.229 e. The molecule has 1 N–H and O–H groups in total. The van der Waals surface area contributed by atoms with Gasteiger partial charge in [0, 0.05) is 51.6 Å². The number of carbonyl (C=O) groups excluding carboxylic acids is 2. The van der Waals surface area contributed by atoms with E-state index in [1.165, 1.54) is 0 Å². The van der Waals surface area contributed by atoms with Gasteiger partial charge in [-0.2, -0.15) is 5.10 Å². The summed E-state index contributed by atoms with van der Waals surface area (Å²) in [6.45, 7) is 3.06. The maximum absolute atomic E-state index is 13.3. The monoisotopic (exact) mass is 443 g/mol. The second-order valence-corrected chi connectivity index (χ2v) is 8.77. The van der Waals surface area contributed by atoms with Crippen LogP contribution in [0.3, 0.4) is 0 Å². The third-order valence-electron chi connectivity index (χ3n) is 6.82. The van der Waals surface area contributed by atoms with Gasteiger partial charge in [-0.25, -0.2) is 4.98 Å². The van der Waals surface area contributed by atoms with Gasteiger partial charge >= 0.3 is 0 Å². The lowest BCUT2D eigenvalue weighted by Gasteiger charge is -2.36. The van der Waals surface area contributed by atoms with Crippen LogP contribution in [0.4, 0.5) is 11.8 Å². The molecule has 168 valence electrons. The Balaban J connectivity index is 1.14. The summed E-state index contributed by atoms with van der Waals surface area (Å²) in [5, 5.41) is 8.22. The van der Waals surface area contributed by atoms with Gasteiger partial charge in [-0.15, -0.1) is 0 Å². The molecule has 9 nitrogen and oxygen atoms in total. The maximum Gasteiger partial charge on any atom is 0.229 e. The molecule has 0 saturated carbocycles. The van der Waals surface area contributed by atoms with E-state index in [4.69, 9.17) is 4.98 Å². The van der Waals surface area contributed by atoms with E-state index >= 15 is 0 Å². The zero-order chi connectivity index (χ0) is 22.5. The Morgan fingerprint density at radius 2 is 1.79 bits per heavy atom. The summed E-state index contributed by atoms with van der Waals surface area (Å²) in [7, 11) is 2.03. The highest BCUT2D eigenvalue weighted by Gasteiger charge is 2.39. The van der Waals surface area contributed by atoms with E-state index in [-0.39, 0.29) is 24.2 Å². The molecular weight excluding hydrogens is 418 g/mol. The van der Waals surface area contributed by atoms with Gasteiger partial charge in [-0.1, -0.05) is 24.3 Å². The minimum absolute atomic E-state index is 0.0512. The summed E-state index contributed by atoms with van der Waals surface area (Å²) in [4.78, 5) is 36.6. The van der Waals surface area contributed by atoms with Gasteiger partial charge < -0.3 is 14.4 Å². The van der Waals surface area contributed by atoms with Crippen molar-refractivity contribution in [2.24, 2.45) is 13.0 Å². The molecule has 0 bridgehead atoms. The summed E-state index contributed by atoms with van der Waals surface area (Å²) >= 11 is 0. The molecule has 2 amide bonds. The van der Waals surface area contributed by atoms with Crippen LogP contribution in [0.5, 0.6) is 0 Å². The first kappa shape index (κ1) is 19.8. The van der Waals surface area contributed by atoms with Gasteiger partial charge in [0.1, 0.15) is 0 Å². The zero-order valence-electron chi connectivity index (χ0n) is 18.4. The van der Waals surface area contributed by atoms with Gasteiger partial charge in [0.25, 0.3) is 0 Å². The molecule has 9 heteroatoms. The second-order valence-electron chi connectivity index (χ2n) is 8.77. The minimum atomic E-state index is -0.338. The molecule has 0 aliphatic carbocycles. The fourth-order valence-electron chi connectivity index (χ4n) is 5.03. The van der Waals surface area contributed by atoms with Crippen molar-refractivity contribution in [3.63, 3.8) is 0 Å². The number of nitrogens with zero attached hydrogens (tertiary/aromatic N) is 6. The number of aryl methyl sites for hydroxylation is 1. The van der Waals surface area contributed by atoms with E-state index < -0.39 is 0 Å². The van der Waals surface area contributed by atoms with Gasteiger partial charge in [-0.3, -0.25) is 19.6 Å². The van der Waals surface area contributed by atoms with E-state index in [1.807, 2.05) is 54.4 Å². The molecule has 2 aromatic carbocycles. The molecule has 2 aromatic heterocycles. The van der Waals surface area contributed by atoms with E-state index in [1.54, 1.807) is 4.90 Å². The molecule has 2 aliphatic heterocycles. The quantitative estimate of drug-likeness (QED) is 0.524. The summed E-state index contributed by atoms with van der Waals surface area (Å²) in [5.41, 5.74) is 2.96. The number of hydrogen-bond acceptors (Lipinski definition) is 5. The summed E-state index contributed by atoms with van der Waals surface area (Å²) in [5.74, 6) is 1.20. The number of carbonyl (C=O) groups is 2. The molecule has 0 unspecified atom stereocenters. The first-order valence-corrected chi connectivity index (χ1v) is 11.3. The molecule has 33 heavy (non-hydrogen) atoms. The topological polar surface area (TPSA) is 90.4 Å². The van der Waals surface area contributed by atoms with Crippen molar-refractivity contribution in [2.45, 2.75) is 6.42 Å². The normalized spacial score (nSPS) is 19.2. The number of nitrogens with one attached hydrogen (secondary N) is 1. The van der Waals surface area contributed by atoms with Crippen molar-refractivity contribution >= 4 is 45.5 Å². The zero-order valence-corrected chi connectivity index (χ0v) is 18.4. The Morgan fingerprint density at radius 1 is 1.03 bits per heavy atom. The number of aromatic nitrogens is 4. The summed E-state index contributed by atoms with van der Waals surface area (Å²) < 4.78 is 2.11. The Hall–Kier alpha value is -3.88. The van der Waals surface area contributed by atoms with E-state index in [0.29, 0.717) is 25.5 Å². The Labute approximate surface area is 190 Å². The first-order chi connectivity index (χ1) is 16.1. The van der Waals surface area contributed by atoms with Crippen LogP contribution in [-0.2, 0) is 16.6 Å². The fraction of sp³-hybridized carbons (Fsp3) is 0.333.